The van der Waals surface area contributed by atoms with Gasteiger partial charge in [-0.15, -0.1) is 0 Å². The third-order valence-electron chi connectivity index (χ3n) is 2.00. The van der Waals surface area contributed by atoms with Crippen LogP contribution >= 0.6 is 0 Å². The average Bonchev–Trinajstić information content (AvgIpc) is 2.00. The van der Waals surface area contributed by atoms with E-state index in [-0.39, 0.29) is 5.78 Å². The molecule has 0 amide bonds. The Morgan fingerprint density at radius 3 is 2.50 bits per heavy atom. The van der Waals surface area contributed by atoms with Crippen molar-refractivity contribution in [1.82, 2.24) is 0 Å². The van der Waals surface area contributed by atoms with Crippen molar-refractivity contribution in [1.29, 1.82) is 0 Å². The molecule has 2 heteroatoms. The topological polar surface area (TPSA) is 43.1 Å². The maximum absolute atomic E-state index is 11.1. The Morgan fingerprint density at radius 2 is 2.08 bits per heavy atom. The molecule has 0 fully saturated rings. The maximum atomic E-state index is 11.1. The summed E-state index contributed by atoms with van der Waals surface area (Å²) in [4.78, 5) is 11.1. The lowest BCUT2D eigenvalue weighted by atomic mass is 9.98. The zero-order chi connectivity index (χ0) is 9.56. The van der Waals surface area contributed by atoms with Crippen molar-refractivity contribution in [3.05, 3.63) is 12.2 Å². The quantitative estimate of drug-likeness (QED) is 0.617. The Kier molecular flexibility index (Phi) is 5.64. The van der Waals surface area contributed by atoms with Gasteiger partial charge in [0, 0.05) is 6.42 Å². The van der Waals surface area contributed by atoms with Gasteiger partial charge in [0.25, 0.3) is 0 Å². The molecule has 0 radical (unpaired) electrons. The number of nitrogens with two attached hydrogens (primary N) is 1. The van der Waals surface area contributed by atoms with Crippen molar-refractivity contribution in [2.45, 2.75) is 33.1 Å². The van der Waals surface area contributed by atoms with E-state index in [4.69, 9.17) is 5.73 Å². The van der Waals surface area contributed by atoms with E-state index in [0.717, 1.165) is 12.8 Å². The fraction of sp³-hybridized carbons (Fsp3) is 0.700. The van der Waals surface area contributed by atoms with Crippen molar-refractivity contribution in [3.63, 3.8) is 0 Å². The normalized spacial score (nSPS) is 12.6. The molecule has 1 atom stereocenters. The lowest BCUT2D eigenvalue weighted by Crippen LogP contribution is -2.08. The van der Waals surface area contributed by atoms with Crippen molar-refractivity contribution in [2.24, 2.45) is 11.7 Å². The standard InChI is InChI=1S/C10H19NO/c1-8(2)10(12)5-4-9(3)6-7-11/h9H,1,4-7,11H2,2-3H3. The van der Waals surface area contributed by atoms with Crippen LogP contribution in [-0.2, 0) is 4.79 Å². The fourth-order valence-electron chi connectivity index (χ4n) is 1.02. The van der Waals surface area contributed by atoms with Gasteiger partial charge in [-0.2, -0.15) is 0 Å². The van der Waals surface area contributed by atoms with Crippen LogP contribution in [0, 0.1) is 5.92 Å². The lowest BCUT2D eigenvalue weighted by Gasteiger charge is -2.08. The Balaban J connectivity index is 3.54. The molecule has 70 valence electrons. The van der Waals surface area contributed by atoms with Gasteiger partial charge in [-0.3, -0.25) is 4.79 Å². The van der Waals surface area contributed by atoms with Gasteiger partial charge in [0.2, 0.25) is 0 Å². The first kappa shape index (κ1) is 11.4. The van der Waals surface area contributed by atoms with Gasteiger partial charge in [0.05, 0.1) is 0 Å². The minimum atomic E-state index is 0.180. The van der Waals surface area contributed by atoms with E-state index in [2.05, 4.69) is 13.5 Å². The molecule has 0 spiro atoms. The SMILES string of the molecule is C=C(C)C(=O)CCC(C)CCN. The lowest BCUT2D eigenvalue weighted by molar-refractivity contribution is -0.115. The van der Waals surface area contributed by atoms with Crippen LogP contribution in [0.2, 0.25) is 0 Å². The molecule has 0 saturated carbocycles. The van der Waals surface area contributed by atoms with Crippen LogP contribution in [0.25, 0.3) is 0 Å². The van der Waals surface area contributed by atoms with Crippen LogP contribution in [0.3, 0.4) is 0 Å². The molecule has 0 aromatic carbocycles. The molecule has 0 saturated heterocycles. The summed E-state index contributed by atoms with van der Waals surface area (Å²) in [6.07, 6.45) is 2.56. The molecule has 0 rings (SSSR count). The van der Waals surface area contributed by atoms with E-state index >= 15 is 0 Å². The number of allylic oxidation sites excluding steroid dienone is 1. The van der Waals surface area contributed by atoms with Crippen molar-refractivity contribution < 1.29 is 4.79 Å². The van der Waals surface area contributed by atoms with E-state index in [1.807, 2.05) is 0 Å². The summed E-state index contributed by atoms with van der Waals surface area (Å²) < 4.78 is 0. The van der Waals surface area contributed by atoms with Gasteiger partial charge >= 0.3 is 0 Å². The Labute approximate surface area is 74.8 Å². The van der Waals surface area contributed by atoms with Gasteiger partial charge in [-0.25, -0.2) is 0 Å². The predicted molar refractivity (Wildman–Crippen MR) is 51.9 cm³/mol. The number of carbonyl (C=O) groups is 1. The smallest absolute Gasteiger partial charge is 0.157 e. The molecule has 0 heterocycles. The van der Waals surface area contributed by atoms with Gasteiger partial charge < -0.3 is 5.73 Å². The minimum absolute atomic E-state index is 0.180. The molecular formula is C10H19NO. The first-order valence-electron chi connectivity index (χ1n) is 4.46. The highest BCUT2D eigenvalue weighted by Crippen LogP contribution is 2.11. The number of hydrogen-bond donors (Lipinski definition) is 1. The summed E-state index contributed by atoms with van der Waals surface area (Å²) in [6, 6.07) is 0. The molecule has 0 aliphatic heterocycles. The number of rotatable bonds is 6. The number of Topliss-reactive ketones (excluding diaryl/α,β-unsaturated/α-hetero) is 1. The van der Waals surface area contributed by atoms with Crippen LogP contribution in [0.1, 0.15) is 33.1 Å². The van der Waals surface area contributed by atoms with Crippen molar-refractivity contribution in [3.8, 4) is 0 Å². The highest BCUT2D eigenvalue weighted by atomic mass is 16.1. The van der Waals surface area contributed by atoms with Gasteiger partial charge in [0.15, 0.2) is 5.78 Å². The van der Waals surface area contributed by atoms with Gasteiger partial charge in [-0.1, -0.05) is 13.5 Å². The minimum Gasteiger partial charge on any atom is -0.330 e. The molecule has 0 aromatic rings. The summed E-state index contributed by atoms with van der Waals surface area (Å²) in [5, 5.41) is 0. The Bertz CT molecular complexity index is 163. The maximum Gasteiger partial charge on any atom is 0.157 e. The first-order chi connectivity index (χ1) is 5.57. The van der Waals surface area contributed by atoms with Crippen LogP contribution in [0.15, 0.2) is 12.2 Å². The third-order valence-corrected chi connectivity index (χ3v) is 2.00. The zero-order valence-electron chi connectivity index (χ0n) is 8.10. The van der Waals surface area contributed by atoms with Gasteiger partial charge in [0.1, 0.15) is 0 Å². The van der Waals surface area contributed by atoms with Crippen LogP contribution < -0.4 is 5.73 Å². The van der Waals surface area contributed by atoms with Crippen molar-refractivity contribution in [2.75, 3.05) is 6.54 Å². The van der Waals surface area contributed by atoms with Gasteiger partial charge in [-0.05, 0) is 37.8 Å². The zero-order valence-corrected chi connectivity index (χ0v) is 8.10. The second kappa shape index (κ2) is 5.95. The summed E-state index contributed by atoms with van der Waals surface area (Å²) in [5.41, 5.74) is 6.06. The van der Waals surface area contributed by atoms with Crippen LogP contribution in [-0.4, -0.2) is 12.3 Å². The molecule has 0 aromatic heterocycles. The molecule has 2 nitrogen and oxygen atoms in total. The molecule has 0 bridgehead atoms. The van der Waals surface area contributed by atoms with E-state index in [1.54, 1.807) is 6.92 Å². The monoisotopic (exact) mass is 169 g/mol. The molecule has 12 heavy (non-hydrogen) atoms. The van der Waals surface area contributed by atoms with E-state index in [1.165, 1.54) is 0 Å². The fourth-order valence-corrected chi connectivity index (χ4v) is 1.02. The Morgan fingerprint density at radius 1 is 1.50 bits per heavy atom. The summed E-state index contributed by atoms with van der Waals surface area (Å²) in [6.45, 7) is 8.20. The molecule has 1 unspecified atom stereocenters. The highest BCUT2D eigenvalue weighted by molar-refractivity contribution is 5.93. The molecular weight excluding hydrogens is 150 g/mol. The van der Waals surface area contributed by atoms with E-state index in [0.29, 0.717) is 24.5 Å². The molecule has 0 aliphatic rings. The number of hydrogen-bond acceptors (Lipinski definition) is 2. The van der Waals surface area contributed by atoms with E-state index in [9.17, 15) is 4.79 Å². The largest absolute Gasteiger partial charge is 0.330 e. The molecule has 2 N–H and O–H groups in total. The summed E-state index contributed by atoms with van der Waals surface area (Å²) >= 11 is 0. The van der Waals surface area contributed by atoms with E-state index < -0.39 is 0 Å². The second-order valence-electron chi connectivity index (χ2n) is 3.42. The van der Waals surface area contributed by atoms with Crippen LogP contribution in [0.4, 0.5) is 0 Å². The Hall–Kier alpha value is -0.630. The predicted octanol–water partition coefficient (Wildman–Crippen LogP) is 1.90. The highest BCUT2D eigenvalue weighted by Gasteiger charge is 2.06. The summed E-state index contributed by atoms with van der Waals surface area (Å²) in [7, 11) is 0. The van der Waals surface area contributed by atoms with Crippen LogP contribution in [0.5, 0.6) is 0 Å². The first-order valence-corrected chi connectivity index (χ1v) is 4.46. The third kappa shape index (κ3) is 5.08. The summed E-state index contributed by atoms with van der Waals surface area (Å²) in [5.74, 6) is 0.733. The number of ketones is 1. The second-order valence-corrected chi connectivity index (χ2v) is 3.42. The molecule has 0 aliphatic carbocycles. The van der Waals surface area contributed by atoms with Crippen molar-refractivity contribution >= 4 is 5.78 Å². The average molecular weight is 169 g/mol. The number of carbonyl (C=O) groups excluding carboxylic acids is 1.